The summed E-state index contributed by atoms with van der Waals surface area (Å²) in [5.41, 5.74) is 2.63. The lowest BCUT2D eigenvalue weighted by molar-refractivity contribution is 0.415. The summed E-state index contributed by atoms with van der Waals surface area (Å²) >= 11 is 6.20. The van der Waals surface area contributed by atoms with Crippen LogP contribution < -0.4 is 15.5 Å². The van der Waals surface area contributed by atoms with Crippen LogP contribution in [0.3, 0.4) is 0 Å². The highest BCUT2D eigenvalue weighted by atomic mass is 35.5. The number of nitrogens with zero attached hydrogens (tertiary/aromatic N) is 2. The van der Waals surface area contributed by atoms with Crippen molar-refractivity contribution in [3.63, 3.8) is 0 Å². The topological polar surface area (TPSA) is 62.9 Å². The molecule has 0 aliphatic rings. The Morgan fingerprint density at radius 3 is 2.77 bits per heavy atom. The minimum absolute atomic E-state index is 0.276. The molecule has 0 unspecified atom stereocenters. The number of benzene rings is 2. The number of halogens is 1. The van der Waals surface area contributed by atoms with Crippen LogP contribution >= 0.6 is 11.6 Å². The van der Waals surface area contributed by atoms with Crippen molar-refractivity contribution in [2.45, 2.75) is 0 Å². The van der Waals surface area contributed by atoms with Crippen molar-refractivity contribution in [3.05, 3.63) is 53.0 Å². The molecule has 22 heavy (non-hydrogen) atoms. The van der Waals surface area contributed by atoms with Crippen molar-refractivity contribution < 1.29 is 4.74 Å². The third kappa shape index (κ3) is 2.51. The summed E-state index contributed by atoms with van der Waals surface area (Å²) in [6, 6.07) is 13.0. The summed E-state index contributed by atoms with van der Waals surface area (Å²) in [4.78, 5) is 4.51. The number of nitrogens with one attached hydrogen (secondary N) is 2. The molecule has 1 heterocycles. The molecule has 0 spiro atoms. The maximum absolute atomic E-state index is 8.26. The Hall–Kier alpha value is -2.53. The first-order valence-electron chi connectivity index (χ1n) is 6.71. The third-order valence-electron chi connectivity index (χ3n) is 3.46. The van der Waals surface area contributed by atoms with Crippen molar-refractivity contribution >= 4 is 34.1 Å². The van der Waals surface area contributed by atoms with E-state index < -0.39 is 0 Å². The Morgan fingerprint density at radius 2 is 2.00 bits per heavy atom. The van der Waals surface area contributed by atoms with E-state index in [1.54, 1.807) is 29.9 Å². The molecule has 0 saturated carbocycles. The van der Waals surface area contributed by atoms with Gasteiger partial charge in [0.2, 0.25) is 0 Å². The summed E-state index contributed by atoms with van der Waals surface area (Å²) in [7, 11) is 3.43. The molecular weight excluding hydrogens is 300 g/mol. The quantitative estimate of drug-likeness (QED) is 0.778. The fraction of sp³-hybridized carbons (Fsp3) is 0.125. The molecule has 0 atom stereocenters. The Balaban J connectivity index is 2.12. The van der Waals surface area contributed by atoms with Gasteiger partial charge in [0.1, 0.15) is 5.75 Å². The SMILES string of the molecule is COc1ccc(Cl)c(Nc2nc3ccccc3n(C)c2=N)c1. The van der Waals surface area contributed by atoms with Crippen molar-refractivity contribution in [2.75, 3.05) is 12.4 Å². The number of aryl methyl sites for hydroxylation is 1. The van der Waals surface area contributed by atoms with Crippen molar-refractivity contribution in [1.29, 1.82) is 5.41 Å². The molecule has 2 N–H and O–H groups in total. The van der Waals surface area contributed by atoms with Gasteiger partial charge in [-0.05, 0) is 24.3 Å². The molecule has 0 saturated heterocycles. The van der Waals surface area contributed by atoms with Gasteiger partial charge < -0.3 is 14.6 Å². The first-order chi connectivity index (χ1) is 10.6. The molecule has 112 valence electrons. The van der Waals surface area contributed by atoms with Gasteiger partial charge in [-0.15, -0.1) is 0 Å². The number of aromatic nitrogens is 2. The molecule has 2 aromatic carbocycles. The Morgan fingerprint density at radius 1 is 1.23 bits per heavy atom. The smallest absolute Gasteiger partial charge is 0.174 e. The van der Waals surface area contributed by atoms with E-state index in [1.807, 2.05) is 31.3 Å². The van der Waals surface area contributed by atoms with Crippen LogP contribution in [-0.4, -0.2) is 16.7 Å². The number of hydrogen-bond acceptors (Lipinski definition) is 4. The molecule has 0 radical (unpaired) electrons. The fourth-order valence-electron chi connectivity index (χ4n) is 2.24. The van der Waals surface area contributed by atoms with Gasteiger partial charge >= 0.3 is 0 Å². The standard InChI is InChI=1S/C16H15ClN4O/c1-21-14-6-4-3-5-12(14)19-16(15(21)18)20-13-9-10(22-2)7-8-11(13)17/h3-9,18H,1-2H3,(H,19,20). The minimum Gasteiger partial charge on any atom is -0.497 e. The van der Waals surface area contributed by atoms with E-state index in [4.69, 9.17) is 21.7 Å². The van der Waals surface area contributed by atoms with E-state index in [2.05, 4.69) is 10.3 Å². The van der Waals surface area contributed by atoms with Gasteiger partial charge in [-0.3, -0.25) is 5.41 Å². The van der Waals surface area contributed by atoms with Gasteiger partial charge in [0.25, 0.3) is 0 Å². The van der Waals surface area contributed by atoms with Crippen LogP contribution in [0.25, 0.3) is 11.0 Å². The van der Waals surface area contributed by atoms with Crippen molar-refractivity contribution in [1.82, 2.24) is 9.55 Å². The summed E-state index contributed by atoms with van der Waals surface area (Å²) in [5, 5.41) is 11.9. The number of hydrogen-bond donors (Lipinski definition) is 2. The van der Waals surface area contributed by atoms with Crippen LogP contribution in [0.1, 0.15) is 0 Å². The van der Waals surface area contributed by atoms with Crippen LogP contribution in [-0.2, 0) is 7.05 Å². The number of fused-ring (bicyclic) bond motifs is 1. The summed E-state index contributed by atoms with van der Waals surface area (Å²) in [6.07, 6.45) is 0. The summed E-state index contributed by atoms with van der Waals surface area (Å²) in [6.45, 7) is 0. The Kier molecular flexibility index (Phi) is 3.73. The van der Waals surface area contributed by atoms with Gasteiger partial charge in [0.15, 0.2) is 11.3 Å². The van der Waals surface area contributed by atoms with E-state index in [1.165, 1.54) is 0 Å². The minimum atomic E-state index is 0.276. The van der Waals surface area contributed by atoms with Gasteiger partial charge in [-0.2, -0.15) is 0 Å². The van der Waals surface area contributed by atoms with E-state index in [9.17, 15) is 0 Å². The molecule has 0 fully saturated rings. The monoisotopic (exact) mass is 314 g/mol. The first kappa shape index (κ1) is 14.4. The highest BCUT2D eigenvalue weighted by molar-refractivity contribution is 6.33. The van der Waals surface area contributed by atoms with Gasteiger partial charge in [0, 0.05) is 13.1 Å². The van der Waals surface area contributed by atoms with E-state index >= 15 is 0 Å². The molecule has 0 bridgehead atoms. The maximum Gasteiger partial charge on any atom is 0.174 e. The summed E-state index contributed by atoms with van der Waals surface area (Å²) < 4.78 is 6.98. The van der Waals surface area contributed by atoms with E-state index in [0.29, 0.717) is 22.3 Å². The van der Waals surface area contributed by atoms with E-state index in [0.717, 1.165) is 11.0 Å². The molecule has 0 amide bonds. The Bertz CT molecular complexity index is 904. The van der Waals surface area contributed by atoms with Crippen molar-refractivity contribution in [2.24, 2.45) is 7.05 Å². The zero-order valence-corrected chi connectivity index (χ0v) is 13.0. The van der Waals surface area contributed by atoms with Gasteiger partial charge in [-0.25, -0.2) is 4.98 Å². The molecule has 3 aromatic rings. The van der Waals surface area contributed by atoms with Crippen LogP contribution in [0.15, 0.2) is 42.5 Å². The second kappa shape index (κ2) is 5.69. The highest BCUT2D eigenvalue weighted by Crippen LogP contribution is 2.28. The third-order valence-corrected chi connectivity index (χ3v) is 3.79. The van der Waals surface area contributed by atoms with Crippen LogP contribution in [0, 0.1) is 5.41 Å². The second-order valence-electron chi connectivity index (χ2n) is 4.83. The van der Waals surface area contributed by atoms with Gasteiger partial charge in [-0.1, -0.05) is 23.7 Å². The van der Waals surface area contributed by atoms with Crippen molar-refractivity contribution in [3.8, 4) is 5.75 Å². The van der Waals surface area contributed by atoms with Crippen LogP contribution in [0.5, 0.6) is 5.75 Å². The number of methoxy groups -OCH3 is 1. The lowest BCUT2D eigenvalue weighted by atomic mass is 10.3. The molecular formula is C16H15ClN4O. The Labute approximate surface area is 132 Å². The molecule has 6 heteroatoms. The number of para-hydroxylation sites is 2. The lowest BCUT2D eigenvalue weighted by Crippen LogP contribution is -2.22. The average Bonchev–Trinajstić information content (AvgIpc) is 2.54. The fourth-order valence-corrected chi connectivity index (χ4v) is 2.40. The largest absolute Gasteiger partial charge is 0.497 e. The van der Waals surface area contributed by atoms with E-state index in [-0.39, 0.29) is 5.49 Å². The predicted molar refractivity (Wildman–Crippen MR) is 87.9 cm³/mol. The molecule has 5 nitrogen and oxygen atoms in total. The first-order valence-corrected chi connectivity index (χ1v) is 7.09. The summed E-state index contributed by atoms with van der Waals surface area (Å²) in [5.74, 6) is 1.12. The second-order valence-corrected chi connectivity index (χ2v) is 5.23. The lowest BCUT2D eigenvalue weighted by Gasteiger charge is -2.13. The van der Waals surface area contributed by atoms with Crippen LogP contribution in [0.4, 0.5) is 11.5 Å². The molecule has 0 aliphatic carbocycles. The highest BCUT2D eigenvalue weighted by Gasteiger charge is 2.09. The predicted octanol–water partition coefficient (Wildman–Crippen LogP) is 3.46. The zero-order chi connectivity index (χ0) is 15.7. The number of rotatable bonds is 3. The molecule has 1 aromatic heterocycles. The zero-order valence-electron chi connectivity index (χ0n) is 12.2. The average molecular weight is 315 g/mol. The van der Waals surface area contributed by atoms with Gasteiger partial charge in [0.05, 0.1) is 28.9 Å². The maximum atomic E-state index is 8.26. The number of anilines is 2. The number of ether oxygens (including phenoxy) is 1. The molecule has 3 rings (SSSR count). The normalized spacial score (nSPS) is 10.7. The van der Waals surface area contributed by atoms with Crippen LogP contribution in [0.2, 0.25) is 5.02 Å². The molecule has 0 aliphatic heterocycles.